The third-order valence-electron chi connectivity index (χ3n) is 5.40. The van der Waals surface area contributed by atoms with Gasteiger partial charge < -0.3 is 10.2 Å². The Morgan fingerprint density at radius 3 is 2.65 bits per heavy atom. The highest BCUT2D eigenvalue weighted by atomic mass is 32.2. The van der Waals surface area contributed by atoms with Crippen LogP contribution in [0.2, 0.25) is 0 Å². The molecule has 1 aliphatic heterocycles. The van der Waals surface area contributed by atoms with Crippen molar-refractivity contribution < 1.29 is 4.79 Å². The Bertz CT molecular complexity index is 1010. The number of pyridine rings is 1. The molecular formula is C23H28N6OS. The standard InChI is InChI=1S/C23H28N6OS/c1-17(2)18-8-10-19(11-9-18)29-16-25-27-23(29)31-15-21(30)26-20-7-6-12-24-22(20)28-13-4-3-5-14-28/h6-12,16-17H,3-5,13-15H2,1-2H3,(H,26,30). The second-order valence-corrected chi connectivity index (χ2v) is 8.93. The molecular weight excluding hydrogens is 408 g/mol. The van der Waals surface area contributed by atoms with Crippen LogP contribution in [0.15, 0.2) is 54.1 Å². The Morgan fingerprint density at radius 2 is 1.90 bits per heavy atom. The minimum absolute atomic E-state index is 0.0824. The summed E-state index contributed by atoms with van der Waals surface area (Å²) < 4.78 is 1.91. The first-order chi connectivity index (χ1) is 15.1. The molecule has 0 saturated carbocycles. The minimum atomic E-state index is -0.0824. The molecule has 3 heterocycles. The molecule has 1 aromatic carbocycles. The summed E-state index contributed by atoms with van der Waals surface area (Å²) in [4.78, 5) is 19.4. The van der Waals surface area contributed by atoms with Crippen LogP contribution >= 0.6 is 11.8 Å². The Balaban J connectivity index is 1.40. The number of piperidine rings is 1. The van der Waals surface area contributed by atoms with Crippen LogP contribution in [-0.2, 0) is 4.79 Å². The topological polar surface area (TPSA) is 75.9 Å². The number of carbonyl (C=O) groups is 1. The van der Waals surface area contributed by atoms with E-state index in [1.54, 1.807) is 12.5 Å². The number of nitrogens with one attached hydrogen (secondary N) is 1. The summed E-state index contributed by atoms with van der Waals surface area (Å²) in [6.45, 7) is 6.31. The second kappa shape index (κ2) is 9.96. The van der Waals surface area contributed by atoms with E-state index in [0.717, 1.165) is 43.1 Å². The normalized spacial score (nSPS) is 14.1. The maximum atomic E-state index is 12.7. The van der Waals surface area contributed by atoms with Gasteiger partial charge in [0.2, 0.25) is 5.91 Å². The molecule has 0 bridgehead atoms. The third-order valence-corrected chi connectivity index (χ3v) is 6.35. The predicted octanol–water partition coefficient (Wildman–Crippen LogP) is 4.51. The van der Waals surface area contributed by atoms with Crippen molar-refractivity contribution in [1.82, 2.24) is 19.7 Å². The molecule has 0 spiro atoms. The molecule has 1 amide bonds. The molecule has 0 radical (unpaired) electrons. The molecule has 8 heteroatoms. The van der Waals surface area contributed by atoms with Crippen LogP contribution in [0, 0.1) is 0 Å². The van der Waals surface area contributed by atoms with Crippen molar-refractivity contribution >= 4 is 29.2 Å². The number of anilines is 2. The molecule has 1 N–H and O–H groups in total. The number of carbonyl (C=O) groups excluding carboxylic acids is 1. The van der Waals surface area contributed by atoms with Gasteiger partial charge in [0.15, 0.2) is 11.0 Å². The van der Waals surface area contributed by atoms with E-state index in [-0.39, 0.29) is 11.7 Å². The van der Waals surface area contributed by atoms with E-state index in [4.69, 9.17) is 0 Å². The first-order valence-electron chi connectivity index (χ1n) is 10.7. The van der Waals surface area contributed by atoms with Crippen LogP contribution in [0.4, 0.5) is 11.5 Å². The molecule has 162 valence electrons. The van der Waals surface area contributed by atoms with Gasteiger partial charge in [0.1, 0.15) is 6.33 Å². The molecule has 1 fully saturated rings. The molecule has 31 heavy (non-hydrogen) atoms. The summed E-state index contributed by atoms with van der Waals surface area (Å²) in [5.74, 6) is 1.50. The van der Waals surface area contributed by atoms with Gasteiger partial charge in [-0.15, -0.1) is 10.2 Å². The molecule has 1 saturated heterocycles. The first kappa shape index (κ1) is 21.4. The lowest BCUT2D eigenvalue weighted by Gasteiger charge is -2.29. The van der Waals surface area contributed by atoms with Gasteiger partial charge in [-0.2, -0.15) is 0 Å². The highest BCUT2D eigenvalue weighted by Gasteiger charge is 2.17. The maximum absolute atomic E-state index is 12.7. The SMILES string of the molecule is CC(C)c1ccc(-n2cnnc2SCC(=O)Nc2cccnc2N2CCCCC2)cc1. The highest BCUT2D eigenvalue weighted by molar-refractivity contribution is 7.99. The van der Waals surface area contributed by atoms with Crippen molar-refractivity contribution in [3.05, 3.63) is 54.5 Å². The van der Waals surface area contributed by atoms with Crippen LogP contribution in [0.25, 0.3) is 5.69 Å². The monoisotopic (exact) mass is 436 g/mol. The van der Waals surface area contributed by atoms with Crippen LogP contribution in [-0.4, -0.2) is 44.5 Å². The van der Waals surface area contributed by atoms with Gasteiger partial charge >= 0.3 is 0 Å². The van der Waals surface area contributed by atoms with E-state index in [1.165, 1.54) is 23.7 Å². The van der Waals surface area contributed by atoms with E-state index in [0.29, 0.717) is 11.1 Å². The lowest BCUT2D eigenvalue weighted by molar-refractivity contribution is -0.113. The fourth-order valence-corrected chi connectivity index (χ4v) is 4.42. The fraction of sp³-hybridized carbons (Fsp3) is 0.391. The van der Waals surface area contributed by atoms with E-state index in [1.807, 2.05) is 16.7 Å². The molecule has 0 aliphatic carbocycles. The van der Waals surface area contributed by atoms with Gasteiger partial charge in [0.05, 0.1) is 11.4 Å². The average molecular weight is 437 g/mol. The van der Waals surface area contributed by atoms with Crippen molar-refractivity contribution in [3.63, 3.8) is 0 Å². The summed E-state index contributed by atoms with van der Waals surface area (Å²) in [7, 11) is 0. The lowest BCUT2D eigenvalue weighted by atomic mass is 10.0. The van der Waals surface area contributed by atoms with Crippen molar-refractivity contribution in [2.45, 2.75) is 44.2 Å². The van der Waals surface area contributed by atoms with E-state index in [9.17, 15) is 4.79 Å². The number of thioether (sulfide) groups is 1. The van der Waals surface area contributed by atoms with E-state index < -0.39 is 0 Å². The average Bonchev–Trinajstić information content (AvgIpc) is 3.27. The Morgan fingerprint density at radius 1 is 1.13 bits per heavy atom. The molecule has 0 unspecified atom stereocenters. The Kier molecular flexibility index (Phi) is 6.86. The van der Waals surface area contributed by atoms with E-state index >= 15 is 0 Å². The number of benzene rings is 1. The molecule has 4 rings (SSSR count). The van der Waals surface area contributed by atoms with Crippen molar-refractivity contribution in [2.75, 3.05) is 29.1 Å². The minimum Gasteiger partial charge on any atom is -0.355 e. The van der Waals surface area contributed by atoms with Gasteiger partial charge in [-0.3, -0.25) is 9.36 Å². The smallest absolute Gasteiger partial charge is 0.234 e. The molecule has 3 aromatic rings. The summed E-state index contributed by atoms with van der Waals surface area (Å²) in [6.07, 6.45) is 7.03. The van der Waals surface area contributed by atoms with Gasteiger partial charge in [0.25, 0.3) is 0 Å². The number of rotatable bonds is 7. The fourth-order valence-electron chi connectivity index (χ4n) is 3.69. The van der Waals surface area contributed by atoms with Crippen molar-refractivity contribution in [3.8, 4) is 5.69 Å². The zero-order valence-corrected chi connectivity index (χ0v) is 18.8. The molecule has 2 aromatic heterocycles. The first-order valence-corrected chi connectivity index (χ1v) is 11.7. The lowest BCUT2D eigenvalue weighted by Crippen LogP contribution is -2.31. The molecule has 0 atom stereocenters. The largest absolute Gasteiger partial charge is 0.355 e. The molecule has 7 nitrogen and oxygen atoms in total. The number of aromatic nitrogens is 4. The number of hydrogen-bond acceptors (Lipinski definition) is 6. The Labute approximate surface area is 187 Å². The zero-order valence-electron chi connectivity index (χ0n) is 18.0. The highest BCUT2D eigenvalue weighted by Crippen LogP contribution is 2.27. The maximum Gasteiger partial charge on any atom is 0.234 e. The summed E-state index contributed by atoms with van der Waals surface area (Å²) >= 11 is 1.37. The third kappa shape index (κ3) is 5.25. The van der Waals surface area contributed by atoms with Crippen LogP contribution in [0.5, 0.6) is 0 Å². The van der Waals surface area contributed by atoms with Gasteiger partial charge in [-0.05, 0) is 55.0 Å². The summed E-state index contributed by atoms with van der Waals surface area (Å²) in [6, 6.07) is 12.1. The number of amides is 1. The van der Waals surface area contributed by atoms with Crippen LogP contribution in [0.3, 0.4) is 0 Å². The quantitative estimate of drug-likeness (QED) is 0.549. The Hall–Kier alpha value is -2.87. The number of hydrogen-bond donors (Lipinski definition) is 1. The van der Waals surface area contributed by atoms with Gasteiger partial charge in [0, 0.05) is 25.0 Å². The van der Waals surface area contributed by atoms with Crippen LogP contribution in [0.1, 0.15) is 44.6 Å². The summed E-state index contributed by atoms with van der Waals surface area (Å²) in [5.41, 5.74) is 3.03. The van der Waals surface area contributed by atoms with Gasteiger partial charge in [-0.25, -0.2) is 4.98 Å². The second-order valence-electron chi connectivity index (χ2n) is 7.99. The van der Waals surface area contributed by atoms with Gasteiger partial charge in [-0.1, -0.05) is 37.7 Å². The predicted molar refractivity (Wildman–Crippen MR) is 125 cm³/mol. The van der Waals surface area contributed by atoms with Crippen molar-refractivity contribution in [1.29, 1.82) is 0 Å². The zero-order chi connectivity index (χ0) is 21.6. The van der Waals surface area contributed by atoms with Crippen LogP contribution < -0.4 is 10.2 Å². The molecule has 1 aliphatic rings. The summed E-state index contributed by atoms with van der Waals surface area (Å²) in [5, 5.41) is 12.0. The van der Waals surface area contributed by atoms with E-state index in [2.05, 4.69) is 63.5 Å². The number of nitrogens with zero attached hydrogens (tertiary/aromatic N) is 5. The van der Waals surface area contributed by atoms with Crippen molar-refractivity contribution in [2.24, 2.45) is 0 Å².